The Kier molecular flexibility index (Phi) is 3.90. The highest BCUT2D eigenvalue weighted by molar-refractivity contribution is 7.89. The van der Waals surface area contributed by atoms with E-state index < -0.39 is 32.9 Å². The minimum atomic E-state index is -4.17. The molecule has 5 nitrogen and oxygen atoms in total. The molecule has 2 aromatic carbocycles. The van der Waals surface area contributed by atoms with Crippen LogP contribution in [-0.4, -0.2) is 19.6 Å². The lowest BCUT2D eigenvalue weighted by molar-refractivity contribution is 0.151. The Balaban J connectivity index is 1.95. The number of halogens is 1. The minimum Gasteiger partial charge on any atom is -0.391 e. The fraction of sp³-hybridized carbons (Fsp3) is 0.188. The first-order valence-electron chi connectivity index (χ1n) is 6.90. The third-order valence-corrected chi connectivity index (χ3v) is 5.31. The van der Waals surface area contributed by atoms with Crippen molar-refractivity contribution in [2.45, 2.75) is 23.5 Å². The number of nitrogens with zero attached hydrogens (tertiary/aromatic N) is 1. The predicted octanol–water partition coefficient (Wildman–Crippen LogP) is 1.63. The van der Waals surface area contributed by atoms with Gasteiger partial charge in [-0.1, -0.05) is 24.3 Å². The first kappa shape index (κ1) is 15.6. The molecule has 2 aromatic rings. The van der Waals surface area contributed by atoms with Crippen LogP contribution in [0.5, 0.6) is 0 Å². The second-order valence-corrected chi connectivity index (χ2v) is 7.01. The van der Waals surface area contributed by atoms with Crippen LogP contribution in [-0.2, 0) is 16.4 Å². The molecular formula is C16H13FN2O3S. The Labute approximate surface area is 133 Å². The predicted molar refractivity (Wildman–Crippen MR) is 80.3 cm³/mol. The van der Waals surface area contributed by atoms with Gasteiger partial charge in [-0.05, 0) is 29.3 Å². The Morgan fingerprint density at radius 2 is 2.00 bits per heavy atom. The van der Waals surface area contributed by atoms with Gasteiger partial charge in [-0.15, -0.1) is 0 Å². The minimum absolute atomic E-state index is 0.0349. The molecule has 0 saturated carbocycles. The molecule has 0 spiro atoms. The molecule has 0 unspecified atom stereocenters. The van der Waals surface area contributed by atoms with Gasteiger partial charge in [-0.3, -0.25) is 0 Å². The van der Waals surface area contributed by atoms with Gasteiger partial charge in [0.25, 0.3) is 0 Å². The molecule has 0 amide bonds. The summed E-state index contributed by atoms with van der Waals surface area (Å²) in [5.74, 6) is -1.00. The molecule has 2 N–H and O–H groups in total. The molecule has 0 aliphatic heterocycles. The molecule has 7 heteroatoms. The number of fused-ring (bicyclic) bond motifs is 1. The summed E-state index contributed by atoms with van der Waals surface area (Å²) in [7, 11) is -4.17. The first-order chi connectivity index (χ1) is 10.9. The van der Waals surface area contributed by atoms with Gasteiger partial charge in [0.05, 0.1) is 23.8 Å². The van der Waals surface area contributed by atoms with Crippen molar-refractivity contribution in [1.29, 1.82) is 5.26 Å². The SMILES string of the molecule is N#Cc1ccc(S(=O)(=O)N[C@H]2c3ccccc3C[C@H]2O)c(F)c1. The molecule has 1 aliphatic rings. The zero-order valence-corrected chi connectivity index (χ0v) is 12.7. The van der Waals surface area contributed by atoms with E-state index in [1.165, 1.54) is 6.07 Å². The van der Waals surface area contributed by atoms with Crippen LogP contribution >= 0.6 is 0 Å². The second kappa shape index (κ2) is 5.74. The van der Waals surface area contributed by atoms with E-state index >= 15 is 0 Å². The summed E-state index contributed by atoms with van der Waals surface area (Å²) in [6.45, 7) is 0. The zero-order valence-electron chi connectivity index (χ0n) is 11.9. The molecule has 118 valence electrons. The highest BCUT2D eigenvalue weighted by Crippen LogP contribution is 2.32. The molecule has 0 bridgehead atoms. The van der Waals surface area contributed by atoms with Crippen LogP contribution in [0.15, 0.2) is 47.4 Å². The number of nitrogens with one attached hydrogen (secondary N) is 1. The quantitative estimate of drug-likeness (QED) is 0.894. The van der Waals surface area contributed by atoms with E-state index in [2.05, 4.69) is 4.72 Å². The molecule has 2 atom stereocenters. The maximum atomic E-state index is 14.0. The molecule has 0 radical (unpaired) electrons. The highest BCUT2D eigenvalue weighted by Gasteiger charge is 2.35. The third-order valence-electron chi connectivity index (χ3n) is 3.84. The Bertz CT molecular complexity index is 906. The summed E-state index contributed by atoms with van der Waals surface area (Å²) in [6, 6.07) is 11.2. The van der Waals surface area contributed by atoms with Gasteiger partial charge < -0.3 is 5.11 Å². The Morgan fingerprint density at radius 1 is 1.26 bits per heavy atom. The van der Waals surface area contributed by atoms with E-state index in [4.69, 9.17) is 5.26 Å². The lowest BCUT2D eigenvalue weighted by Crippen LogP contribution is -2.34. The van der Waals surface area contributed by atoms with Crippen molar-refractivity contribution in [3.63, 3.8) is 0 Å². The van der Waals surface area contributed by atoms with E-state index in [-0.39, 0.29) is 5.56 Å². The van der Waals surface area contributed by atoms with Gasteiger partial charge in [0.2, 0.25) is 10.0 Å². The van der Waals surface area contributed by atoms with E-state index in [9.17, 15) is 17.9 Å². The molecule has 0 fully saturated rings. The Morgan fingerprint density at radius 3 is 2.70 bits per heavy atom. The van der Waals surface area contributed by atoms with Crippen LogP contribution in [0.4, 0.5) is 4.39 Å². The van der Waals surface area contributed by atoms with Gasteiger partial charge >= 0.3 is 0 Å². The lowest BCUT2D eigenvalue weighted by atomic mass is 10.1. The average molecular weight is 332 g/mol. The fourth-order valence-corrected chi connectivity index (χ4v) is 4.04. The smallest absolute Gasteiger partial charge is 0.244 e. The molecule has 3 rings (SSSR count). The number of aliphatic hydroxyl groups excluding tert-OH is 1. The molecular weight excluding hydrogens is 319 g/mol. The number of hydrogen-bond acceptors (Lipinski definition) is 4. The largest absolute Gasteiger partial charge is 0.391 e. The van der Waals surface area contributed by atoms with Crippen LogP contribution in [0.2, 0.25) is 0 Å². The highest BCUT2D eigenvalue weighted by atomic mass is 32.2. The van der Waals surface area contributed by atoms with E-state index in [1.54, 1.807) is 18.2 Å². The lowest BCUT2D eigenvalue weighted by Gasteiger charge is -2.18. The topological polar surface area (TPSA) is 90.2 Å². The summed E-state index contributed by atoms with van der Waals surface area (Å²) in [5.41, 5.74) is 1.57. The number of hydrogen-bond donors (Lipinski definition) is 2. The summed E-state index contributed by atoms with van der Waals surface area (Å²) in [6.07, 6.45) is -0.581. The molecule has 23 heavy (non-hydrogen) atoms. The number of rotatable bonds is 3. The van der Waals surface area contributed by atoms with E-state index in [0.717, 1.165) is 17.7 Å². The molecule has 1 aliphatic carbocycles. The van der Waals surface area contributed by atoms with Crippen LogP contribution in [0.25, 0.3) is 0 Å². The van der Waals surface area contributed by atoms with E-state index in [1.807, 2.05) is 12.1 Å². The summed E-state index contributed by atoms with van der Waals surface area (Å²) in [4.78, 5) is -0.548. The number of aliphatic hydroxyl groups is 1. The van der Waals surface area contributed by atoms with Crippen LogP contribution in [0.1, 0.15) is 22.7 Å². The van der Waals surface area contributed by atoms with Gasteiger partial charge in [0, 0.05) is 6.42 Å². The maximum absolute atomic E-state index is 14.0. The summed E-state index contributed by atoms with van der Waals surface area (Å²) in [5, 5.41) is 18.8. The molecule has 0 heterocycles. The van der Waals surface area contributed by atoms with Crippen molar-refractivity contribution in [2.24, 2.45) is 0 Å². The van der Waals surface area contributed by atoms with Gasteiger partial charge in [-0.2, -0.15) is 5.26 Å². The summed E-state index contributed by atoms with van der Waals surface area (Å²) < 4.78 is 41.2. The zero-order chi connectivity index (χ0) is 16.6. The van der Waals surface area contributed by atoms with Gasteiger partial charge in [0.1, 0.15) is 10.7 Å². The molecule has 0 aromatic heterocycles. The third kappa shape index (κ3) is 2.84. The van der Waals surface area contributed by atoms with Gasteiger partial charge in [0.15, 0.2) is 0 Å². The van der Waals surface area contributed by atoms with Crippen molar-refractivity contribution in [3.8, 4) is 6.07 Å². The van der Waals surface area contributed by atoms with Crippen LogP contribution in [0.3, 0.4) is 0 Å². The van der Waals surface area contributed by atoms with Crippen LogP contribution in [0, 0.1) is 17.1 Å². The van der Waals surface area contributed by atoms with Crippen molar-refractivity contribution >= 4 is 10.0 Å². The van der Waals surface area contributed by atoms with Crippen molar-refractivity contribution in [2.75, 3.05) is 0 Å². The second-order valence-electron chi connectivity index (χ2n) is 5.33. The Hall–Kier alpha value is -2.27. The molecule has 0 saturated heterocycles. The van der Waals surface area contributed by atoms with Crippen molar-refractivity contribution in [3.05, 3.63) is 65.0 Å². The number of nitriles is 1. The number of sulfonamides is 1. The van der Waals surface area contributed by atoms with Crippen molar-refractivity contribution < 1.29 is 17.9 Å². The standard InChI is InChI=1S/C16H13FN2O3S/c17-13-7-10(9-18)5-6-15(13)23(21,22)19-16-12-4-2-1-3-11(12)8-14(16)20/h1-7,14,16,19-20H,8H2/t14-,16+/m1/s1. The van der Waals surface area contributed by atoms with E-state index in [0.29, 0.717) is 12.0 Å². The fourth-order valence-electron chi connectivity index (χ4n) is 2.73. The number of benzene rings is 2. The van der Waals surface area contributed by atoms with Gasteiger partial charge in [-0.25, -0.2) is 17.5 Å². The summed E-state index contributed by atoms with van der Waals surface area (Å²) >= 11 is 0. The van der Waals surface area contributed by atoms with Crippen molar-refractivity contribution in [1.82, 2.24) is 4.72 Å². The monoisotopic (exact) mass is 332 g/mol. The average Bonchev–Trinajstić information content (AvgIpc) is 2.82. The normalized spacial score (nSPS) is 20.0. The van der Waals surface area contributed by atoms with Crippen LogP contribution < -0.4 is 4.72 Å². The maximum Gasteiger partial charge on any atom is 0.244 e. The first-order valence-corrected chi connectivity index (χ1v) is 8.38.